The summed E-state index contributed by atoms with van der Waals surface area (Å²) < 4.78 is 5.17. The Hall–Kier alpha value is -5.22. The van der Waals surface area contributed by atoms with Crippen molar-refractivity contribution in [1.29, 1.82) is 0 Å². The molecule has 4 aromatic rings. The van der Waals surface area contributed by atoms with E-state index in [0.29, 0.717) is 28.1 Å². The molecule has 0 atom stereocenters. The molecule has 2 amide bonds. The molecule has 0 aromatic heterocycles. The summed E-state index contributed by atoms with van der Waals surface area (Å²) >= 11 is 1.36. The second-order valence-electron chi connectivity index (χ2n) is 8.65. The maximum atomic E-state index is 13.2. The molecule has 0 aliphatic carbocycles. The molecule has 0 saturated heterocycles. The van der Waals surface area contributed by atoms with Crippen molar-refractivity contribution in [1.82, 2.24) is 5.32 Å². The number of hydrogen-bond donors (Lipinski definition) is 2. The van der Waals surface area contributed by atoms with Crippen molar-refractivity contribution in [3.05, 3.63) is 136 Å². The van der Waals surface area contributed by atoms with E-state index >= 15 is 0 Å². The molecule has 10 heteroatoms. The number of nitrogens with one attached hydrogen (secondary N) is 2. The molecule has 0 spiro atoms. The minimum absolute atomic E-state index is 0.0403. The Labute approximate surface area is 240 Å². The van der Waals surface area contributed by atoms with Crippen molar-refractivity contribution in [2.75, 3.05) is 18.2 Å². The van der Waals surface area contributed by atoms with Gasteiger partial charge in [-0.3, -0.25) is 24.5 Å². The average molecular weight is 568 g/mol. The average Bonchev–Trinajstić information content (AvgIpc) is 3.00. The van der Waals surface area contributed by atoms with Crippen LogP contribution in [-0.2, 0) is 4.79 Å². The Bertz CT molecular complexity index is 1590. The molecule has 0 bridgehead atoms. The van der Waals surface area contributed by atoms with E-state index in [-0.39, 0.29) is 22.9 Å². The van der Waals surface area contributed by atoms with Crippen LogP contribution in [0, 0.1) is 10.1 Å². The number of carbonyl (C=O) groups is 3. The highest BCUT2D eigenvalue weighted by Gasteiger charge is 2.16. The lowest BCUT2D eigenvalue weighted by Crippen LogP contribution is -2.30. The smallest absolute Gasteiger partial charge is 0.272 e. The van der Waals surface area contributed by atoms with Crippen molar-refractivity contribution in [2.24, 2.45) is 0 Å². The summed E-state index contributed by atoms with van der Waals surface area (Å²) in [5, 5.41) is 16.4. The number of nitrogens with zero attached hydrogens (tertiary/aromatic N) is 1. The summed E-state index contributed by atoms with van der Waals surface area (Å²) in [6.07, 6.45) is 1.44. The molecule has 0 aliphatic rings. The zero-order valence-electron chi connectivity index (χ0n) is 21.9. The maximum Gasteiger partial charge on any atom is 0.272 e. The molecule has 9 nitrogen and oxygen atoms in total. The number of amides is 2. The molecule has 0 heterocycles. The monoisotopic (exact) mass is 567 g/mol. The van der Waals surface area contributed by atoms with E-state index in [4.69, 9.17) is 4.74 Å². The second-order valence-corrected chi connectivity index (χ2v) is 9.70. The first kappa shape index (κ1) is 28.8. The van der Waals surface area contributed by atoms with Gasteiger partial charge in [-0.15, -0.1) is 11.8 Å². The summed E-state index contributed by atoms with van der Waals surface area (Å²) in [4.78, 5) is 49.9. The number of hydrogen-bond acceptors (Lipinski definition) is 7. The van der Waals surface area contributed by atoms with Gasteiger partial charge < -0.3 is 15.4 Å². The lowest BCUT2D eigenvalue weighted by atomic mass is 10.1. The van der Waals surface area contributed by atoms with Gasteiger partial charge in [0.05, 0.1) is 17.8 Å². The normalized spacial score (nSPS) is 10.9. The van der Waals surface area contributed by atoms with Gasteiger partial charge in [0.1, 0.15) is 11.4 Å². The highest BCUT2D eigenvalue weighted by molar-refractivity contribution is 8.00. The van der Waals surface area contributed by atoms with E-state index < -0.39 is 16.7 Å². The molecule has 0 fully saturated rings. The number of thioether (sulfide) groups is 1. The molecular formula is C31H25N3O6S. The van der Waals surface area contributed by atoms with Gasteiger partial charge >= 0.3 is 0 Å². The number of ether oxygens (including phenoxy) is 1. The van der Waals surface area contributed by atoms with E-state index in [9.17, 15) is 24.5 Å². The summed E-state index contributed by atoms with van der Waals surface area (Å²) in [5.41, 5.74) is 1.74. The number of Topliss-reactive ketones (excluding diaryl/α,β-unsaturated/α-hetero) is 1. The predicted molar refractivity (Wildman–Crippen MR) is 158 cm³/mol. The first-order chi connectivity index (χ1) is 19.8. The lowest BCUT2D eigenvalue weighted by Gasteiger charge is -2.12. The number of benzene rings is 4. The zero-order chi connectivity index (χ0) is 29.2. The SMILES string of the molecule is COc1cccc(C(=O)CSc2ccc(NC(=O)/C(=C/c3ccc([N+](=O)[O-])cc3)NC(=O)c3ccccc3)cc2)c1. The van der Waals surface area contributed by atoms with Crippen LogP contribution in [0.15, 0.2) is 114 Å². The van der Waals surface area contributed by atoms with Crippen molar-refractivity contribution >= 4 is 46.8 Å². The summed E-state index contributed by atoms with van der Waals surface area (Å²) in [7, 11) is 1.55. The summed E-state index contributed by atoms with van der Waals surface area (Å²) in [5.74, 6) is -0.265. The molecule has 4 aromatic carbocycles. The minimum atomic E-state index is -0.582. The molecular weight excluding hydrogens is 542 g/mol. The van der Waals surface area contributed by atoms with Crippen LogP contribution in [0.5, 0.6) is 5.75 Å². The minimum Gasteiger partial charge on any atom is -0.497 e. The fourth-order valence-electron chi connectivity index (χ4n) is 3.66. The van der Waals surface area contributed by atoms with Gasteiger partial charge in [0.2, 0.25) is 0 Å². The quantitative estimate of drug-likeness (QED) is 0.0749. The van der Waals surface area contributed by atoms with Crippen LogP contribution < -0.4 is 15.4 Å². The van der Waals surface area contributed by atoms with Crippen LogP contribution in [0.1, 0.15) is 26.3 Å². The highest BCUT2D eigenvalue weighted by Crippen LogP contribution is 2.23. The Balaban J connectivity index is 1.45. The van der Waals surface area contributed by atoms with Gasteiger partial charge in [-0.1, -0.05) is 30.3 Å². The largest absolute Gasteiger partial charge is 0.497 e. The Morgan fingerprint density at radius 3 is 2.22 bits per heavy atom. The highest BCUT2D eigenvalue weighted by atomic mass is 32.2. The molecule has 2 N–H and O–H groups in total. The summed E-state index contributed by atoms with van der Waals surface area (Å²) in [6.45, 7) is 0. The first-order valence-electron chi connectivity index (χ1n) is 12.4. The zero-order valence-corrected chi connectivity index (χ0v) is 22.7. The van der Waals surface area contributed by atoms with Gasteiger partial charge in [-0.05, 0) is 72.3 Å². The van der Waals surface area contributed by atoms with Crippen molar-refractivity contribution < 1.29 is 24.0 Å². The third-order valence-electron chi connectivity index (χ3n) is 5.82. The van der Waals surface area contributed by atoms with Crippen LogP contribution in [-0.4, -0.2) is 35.4 Å². The number of anilines is 1. The van der Waals surface area contributed by atoms with Gasteiger partial charge in [0.15, 0.2) is 5.78 Å². The predicted octanol–water partition coefficient (Wildman–Crippen LogP) is 5.99. The van der Waals surface area contributed by atoms with Crippen LogP contribution in [0.4, 0.5) is 11.4 Å². The maximum absolute atomic E-state index is 13.2. The van der Waals surface area contributed by atoms with E-state index in [1.165, 1.54) is 42.1 Å². The van der Waals surface area contributed by atoms with E-state index in [2.05, 4.69) is 10.6 Å². The Morgan fingerprint density at radius 2 is 1.56 bits per heavy atom. The van der Waals surface area contributed by atoms with Gasteiger partial charge in [0.25, 0.3) is 17.5 Å². The molecule has 0 radical (unpaired) electrons. The van der Waals surface area contributed by atoms with Crippen LogP contribution in [0.3, 0.4) is 0 Å². The third kappa shape index (κ3) is 8.13. The number of non-ortho nitro benzene ring substituents is 1. The Morgan fingerprint density at radius 1 is 0.878 bits per heavy atom. The van der Waals surface area contributed by atoms with Crippen LogP contribution in [0.2, 0.25) is 0 Å². The van der Waals surface area contributed by atoms with E-state index in [1.54, 1.807) is 86.0 Å². The number of carbonyl (C=O) groups excluding carboxylic acids is 3. The van der Waals surface area contributed by atoms with Crippen molar-refractivity contribution in [2.45, 2.75) is 4.90 Å². The molecule has 41 heavy (non-hydrogen) atoms. The Kier molecular flexibility index (Phi) is 9.63. The standard InChI is InChI=1S/C31H25N3O6S/c1-40-26-9-5-8-23(19-26)29(35)20-41-27-16-12-24(13-17-27)32-31(37)28(33-30(36)22-6-3-2-4-7-22)18-21-10-14-25(15-11-21)34(38)39/h2-19H,20H2,1H3,(H,32,37)(H,33,36)/b28-18-. The van der Waals surface area contributed by atoms with Crippen LogP contribution >= 0.6 is 11.8 Å². The number of methoxy groups -OCH3 is 1. The lowest BCUT2D eigenvalue weighted by molar-refractivity contribution is -0.384. The molecule has 0 aliphatic heterocycles. The molecule has 4 rings (SSSR count). The van der Waals surface area contributed by atoms with Crippen LogP contribution in [0.25, 0.3) is 6.08 Å². The first-order valence-corrected chi connectivity index (χ1v) is 13.3. The third-order valence-corrected chi connectivity index (χ3v) is 6.83. The van der Waals surface area contributed by atoms with Crippen molar-refractivity contribution in [3.63, 3.8) is 0 Å². The number of ketones is 1. The molecule has 206 valence electrons. The van der Waals surface area contributed by atoms with Gasteiger partial charge in [0, 0.05) is 33.8 Å². The van der Waals surface area contributed by atoms with Crippen molar-refractivity contribution in [3.8, 4) is 5.75 Å². The summed E-state index contributed by atoms with van der Waals surface area (Å²) in [6, 6.07) is 27.9. The topological polar surface area (TPSA) is 128 Å². The number of nitro benzene ring substituents is 1. The number of rotatable bonds is 11. The number of nitro groups is 1. The van der Waals surface area contributed by atoms with Gasteiger partial charge in [-0.25, -0.2) is 0 Å². The second kappa shape index (κ2) is 13.7. The van der Waals surface area contributed by atoms with Gasteiger partial charge in [-0.2, -0.15) is 0 Å². The van der Waals surface area contributed by atoms with E-state index in [0.717, 1.165) is 4.90 Å². The molecule has 0 saturated carbocycles. The molecule has 0 unspecified atom stereocenters. The fourth-order valence-corrected chi connectivity index (χ4v) is 4.46. The fraction of sp³-hybridized carbons (Fsp3) is 0.0645. The van der Waals surface area contributed by atoms with E-state index in [1.807, 2.05) is 0 Å².